The second kappa shape index (κ2) is 5.83. The Morgan fingerprint density at radius 2 is 1.81 bits per heavy atom. The molecule has 1 unspecified atom stereocenters. The molecule has 112 valence electrons. The highest BCUT2D eigenvalue weighted by Crippen LogP contribution is 2.39. The summed E-state index contributed by atoms with van der Waals surface area (Å²) in [7, 11) is 0. The van der Waals surface area contributed by atoms with Gasteiger partial charge >= 0.3 is 0 Å². The molecule has 0 aliphatic carbocycles. The summed E-state index contributed by atoms with van der Waals surface area (Å²) in [6, 6.07) is 3.21. The maximum atomic E-state index is 10.8. The largest absolute Gasteiger partial charge is 0.367 e. The minimum Gasteiger partial charge on any atom is -0.367 e. The quantitative estimate of drug-likeness (QED) is 0.485. The molecule has 1 atom stereocenters. The van der Waals surface area contributed by atoms with Crippen LogP contribution in [0.1, 0.15) is 6.42 Å². The molecule has 0 aromatic heterocycles. The zero-order valence-corrected chi connectivity index (χ0v) is 12.8. The predicted octanol–water partition coefficient (Wildman–Crippen LogP) is 3.35. The summed E-state index contributed by atoms with van der Waals surface area (Å²) >= 11 is 12.4. The van der Waals surface area contributed by atoms with Crippen molar-refractivity contribution in [3.8, 4) is 0 Å². The Bertz CT molecular complexity index is 575. The van der Waals surface area contributed by atoms with Gasteiger partial charge < -0.3 is 4.90 Å². The Balaban J connectivity index is 1.80. The van der Waals surface area contributed by atoms with E-state index >= 15 is 0 Å². The number of hydrogen-bond acceptors (Lipinski definition) is 4. The number of benzene rings is 1. The standard InChI is InChI=1S/C14H15Cl2N3O2/c15-12-7-11(19(20)21)8-13(16)14(12)18-6-3-10(9-18)17-4-1-2-5-17/h1-2,7-8,10H,3-6,9H2. The van der Waals surface area contributed by atoms with Gasteiger partial charge in [0.15, 0.2) is 0 Å². The second-order valence-electron chi connectivity index (χ2n) is 5.33. The van der Waals surface area contributed by atoms with E-state index in [9.17, 15) is 10.1 Å². The number of nitrogens with zero attached hydrogens (tertiary/aromatic N) is 3. The van der Waals surface area contributed by atoms with E-state index in [4.69, 9.17) is 23.2 Å². The molecule has 1 aromatic carbocycles. The molecule has 0 radical (unpaired) electrons. The minimum atomic E-state index is -0.482. The zero-order valence-electron chi connectivity index (χ0n) is 11.3. The fourth-order valence-electron chi connectivity index (χ4n) is 3.00. The number of non-ortho nitro benzene ring substituents is 1. The van der Waals surface area contributed by atoms with Crippen LogP contribution in [0, 0.1) is 10.1 Å². The van der Waals surface area contributed by atoms with Gasteiger partial charge in [-0.2, -0.15) is 0 Å². The number of anilines is 1. The molecule has 0 N–H and O–H groups in total. The third kappa shape index (κ3) is 2.86. The fraction of sp³-hybridized carbons (Fsp3) is 0.429. The first-order valence-corrected chi connectivity index (χ1v) is 7.59. The summed E-state index contributed by atoms with van der Waals surface area (Å²) in [6.45, 7) is 3.68. The van der Waals surface area contributed by atoms with Crippen LogP contribution < -0.4 is 4.90 Å². The van der Waals surface area contributed by atoms with E-state index in [1.54, 1.807) is 0 Å². The van der Waals surface area contributed by atoms with E-state index in [0.717, 1.165) is 32.6 Å². The van der Waals surface area contributed by atoms with E-state index in [2.05, 4.69) is 22.0 Å². The molecule has 3 rings (SSSR count). The van der Waals surface area contributed by atoms with Crippen molar-refractivity contribution in [2.45, 2.75) is 12.5 Å². The molecule has 1 fully saturated rings. The van der Waals surface area contributed by atoms with Gasteiger partial charge in [-0.3, -0.25) is 15.0 Å². The number of rotatable bonds is 3. The molecule has 5 nitrogen and oxygen atoms in total. The lowest BCUT2D eigenvalue weighted by Crippen LogP contribution is -2.35. The summed E-state index contributed by atoms with van der Waals surface area (Å²) in [4.78, 5) is 14.9. The molecule has 0 bridgehead atoms. The van der Waals surface area contributed by atoms with Crippen LogP contribution in [0.4, 0.5) is 11.4 Å². The van der Waals surface area contributed by atoms with Gasteiger partial charge in [0.1, 0.15) is 0 Å². The monoisotopic (exact) mass is 327 g/mol. The van der Waals surface area contributed by atoms with E-state index in [-0.39, 0.29) is 5.69 Å². The van der Waals surface area contributed by atoms with Crippen molar-refractivity contribution in [1.29, 1.82) is 0 Å². The van der Waals surface area contributed by atoms with Crippen molar-refractivity contribution in [1.82, 2.24) is 4.90 Å². The zero-order chi connectivity index (χ0) is 15.0. The van der Waals surface area contributed by atoms with Crippen molar-refractivity contribution < 1.29 is 4.92 Å². The second-order valence-corrected chi connectivity index (χ2v) is 6.14. The summed E-state index contributed by atoms with van der Waals surface area (Å²) in [6.07, 6.45) is 5.40. The van der Waals surface area contributed by atoms with Gasteiger partial charge in [-0.05, 0) is 6.42 Å². The molecule has 7 heteroatoms. The van der Waals surface area contributed by atoms with Crippen LogP contribution >= 0.6 is 23.2 Å². The maximum Gasteiger partial charge on any atom is 0.272 e. The Morgan fingerprint density at radius 3 is 2.38 bits per heavy atom. The molecular weight excluding hydrogens is 313 g/mol. The molecule has 2 heterocycles. The van der Waals surface area contributed by atoms with Gasteiger partial charge in [-0.25, -0.2) is 0 Å². The molecular formula is C14H15Cl2N3O2. The predicted molar refractivity (Wildman–Crippen MR) is 84.4 cm³/mol. The minimum absolute atomic E-state index is 0.0757. The van der Waals surface area contributed by atoms with Gasteiger partial charge in [0.05, 0.1) is 20.7 Å². The molecule has 0 saturated carbocycles. The first kappa shape index (κ1) is 14.6. The SMILES string of the molecule is O=[N+]([O-])c1cc(Cl)c(N2CCC(N3CC=CC3)C2)c(Cl)c1. The van der Waals surface area contributed by atoms with Crippen LogP contribution in [0.3, 0.4) is 0 Å². The van der Waals surface area contributed by atoms with Gasteiger partial charge in [0.25, 0.3) is 5.69 Å². The van der Waals surface area contributed by atoms with Crippen molar-refractivity contribution in [3.05, 3.63) is 44.4 Å². The first-order chi connectivity index (χ1) is 10.1. The Labute approximate surface area is 132 Å². The summed E-state index contributed by atoms with van der Waals surface area (Å²) in [5.74, 6) is 0. The average molecular weight is 328 g/mol. The van der Waals surface area contributed by atoms with E-state index in [0.29, 0.717) is 21.8 Å². The summed E-state index contributed by atoms with van der Waals surface area (Å²) < 4.78 is 0. The third-order valence-electron chi connectivity index (χ3n) is 4.05. The van der Waals surface area contributed by atoms with Crippen LogP contribution in [-0.2, 0) is 0 Å². The third-order valence-corrected chi connectivity index (χ3v) is 4.63. The van der Waals surface area contributed by atoms with E-state index in [1.165, 1.54) is 12.1 Å². The lowest BCUT2D eigenvalue weighted by Gasteiger charge is -2.25. The van der Waals surface area contributed by atoms with Crippen LogP contribution in [0.25, 0.3) is 0 Å². The van der Waals surface area contributed by atoms with Crippen molar-refractivity contribution >= 4 is 34.6 Å². The molecule has 1 saturated heterocycles. The summed E-state index contributed by atoms with van der Waals surface area (Å²) in [5, 5.41) is 11.5. The molecule has 1 aromatic rings. The number of halogens is 2. The van der Waals surface area contributed by atoms with E-state index in [1.807, 2.05) is 0 Å². The molecule has 0 spiro atoms. The highest BCUT2D eigenvalue weighted by molar-refractivity contribution is 6.39. The van der Waals surface area contributed by atoms with Gasteiger partial charge in [-0.15, -0.1) is 0 Å². The molecule has 0 amide bonds. The Hall–Kier alpha value is -1.30. The van der Waals surface area contributed by atoms with Crippen LogP contribution in [0.15, 0.2) is 24.3 Å². The van der Waals surface area contributed by atoms with Crippen LogP contribution in [0.5, 0.6) is 0 Å². The first-order valence-electron chi connectivity index (χ1n) is 6.83. The normalized spacial score (nSPS) is 22.2. The highest BCUT2D eigenvalue weighted by atomic mass is 35.5. The number of nitro benzene ring substituents is 1. The number of nitro groups is 1. The van der Waals surface area contributed by atoms with Gasteiger partial charge in [0.2, 0.25) is 0 Å². The lowest BCUT2D eigenvalue weighted by molar-refractivity contribution is -0.384. The molecule has 21 heavy (non-hydrogen) atoms. The van der Waals surface area contributed by atoms with Crippen molar-refractivity contribution in [2.75, 3.05) is 31.1 Å². The Kier molecular flexibility index (Phi) is 4.06. The van der Waals surface area contributed by atoms with Crippen LogP contribution in [-0.4, -0.2) is 42.0 Å². The van der Waals surface area contributed by atoms with E-state index < -0.39 is 4.92 Å². The topological polar surface area (TPSA) is 49.6 Å². The lowest BCUT2D eigenvalue weighted by atomic mass is 10.2. The smallest absolute Gasteiger partial charge is 0.272 e. The maximum absolute atomic E-state index is 10.8. The number of hydrogen-bond donors (Lipinski definition) is 0. The van der Waals surface area contributed by atoms with Crippen LogP contribution in [0.2, 0.25) is 10.0 Å². The fourth-order valence-corrected chi connectivity index (χ4v) is 3.71. The Morgan fingerprint density at radius 1 is 1.19 bits per heavy atom. The molecule has 2 aliphatic rings. The summed E-state index contributed by atoms with van der Waals surface area (Å²) in [5.41, 5.74) is 0.631. The molecule has 2 aliphatic heterocycles. The average Bonchev–Trinajstić information content (AvgIpc) is 3.08. The van der Waals surface area contributed by atoms with Crippen molar-refractivity contribution in [3.63, 3.8) is 0 Å². The van der Waals surface area contributed by atoms with Crippen molar-refractivity contribution in [2.24, 2.45) is 0 Å². The highest BCUT2D eigenvalue weighted by Gasteiger charge is 2.30. The van der Waals surface area contributed by atoms with Gasteiger partial charge in [-0.1, -0.05) is 35.4 Å². The van der Waals surface area contributed by atoms with Gasteiger partial charge in [0, 0.05) is 44.4 Å².